The van der Waals surface area contributed by atoms with E-state index >= 15 is 0 Å². The summed E-state index contributed by atoms with van der Waals surface area (Å²) in [5, 5.41) is 2.97. The molecule has 0 bridgehead atoms. The first-order valence-electron chi connectivity index (χ1n) is 7.69. The fourth-order valence-electron chi connectivity index (χ4n) is 2.28. The summed E-state index contributed by atoms with van der Waals surface area (Å²) in [5.41, 5.74) is -0.133. The highest BCUT2D eigenvalue weighted by molar-refractivity contribution is 7.88. The number of piperidine rings is 1. The average molecular weight is 334 g/mol. The molecule has 1 heterocycles. The van der Waals surface area contributed by atoms with E-state index in [4.69, 9.17) is 0 Å². The summed E-state index contributed by atoms with van der Waals surface area (Å²) in [6, 6.07) is -0.194. The lowest BCUT2D eigenvalue weighted by molar-refractivity contribution is 0.140. The topological polar surface area (TPSA) is 81.8 Å². The maximum Gasteiger partial charge on any atom is 0.317 e. The predicted octanol–water partition coefficient (Wildman–Crippen LogP) is 0.440. The molecule has 7 nitrogen and oxygen atoms in total. The number of carbonyl (C=O) groups is 1. The molecular weight excluding hydrogens is 304 g/mol. The molecule has 2 amide bonds. The molecule has 1 rings (SSSR count). The van der Waals surface area contributed by atoms with Gasteiger partial charge in [0, 0.05) is 31.2 Å². The van der Waals surface area contributed by atoms with E-state index in [0.717, 1.165) is 25.5 Å². The zero-order valence-electron chi connectivity index (χ0n) is 14.3. The van der Waals surface area contributed by atoms with Gasteiger partial charge >= 0.3 is 6.03 Å². The Labute approximate surface area is 134 Å². The van der Waals surface area contributed by atoms with Gasteiger partial charge in [-0.3, -0.25) is 0 Å². The van der Waals surface area contributed by atoms with Gasteiger partial charge in [-0.05, 0) is 47.2 Å². The Morgan fingerprint density at radius 3 is 2.50 bits per heavy atom. The molecule has 1 aliphatic heterocycles. The van der Waals surface area contributed by atoms with Crippen molar-refractivity contribution in [2.75, 3.05) is 40.0 Å². The van der Waals surface area contributed by atoms with Crippen LogP contribution in [0.15, 0.2) is 0 Å². The summed E-state index contributed by atoms with van der Waals surface area (Å²) >= 11 is 0. The van der Waals surface area contributed by atoms with Gasteiger partial charge in [0.2, 0.25) is 10.0 Å². The molecule has 1 aliphatic rings. The Hall–Kier alpha value is -0.860. The number of sulfonamides is 1. The van der Waals surface area contributed by atoms with Crippen LogP contribution in [-0.4, -0.2) is 75.8 Å². The average Bonchev–Trinajstić information content (AvgIpc) is 2.42. The predicted molar refractivity (Wildman–Crippen MR) is 88.4 cm³/mol. The van der Waals surface area contributed by atoms with Crippen LogP contribution < -0.4 is 10.0 Å². The van der Waals surface area contributed by atoms with E-state index in [9.17, 15) is 13.2 Å². The number of likely N-dealkylation sites (tertiary alicyclic amines) is 1. The van der Waals surface area contributed by atoms with Crippen LogP contribution in [0.1, 0.15) is 33.1 Å². The molecule has 0 unspecified atom stereocenters. The lowest BCUT2D eigenvalue weighted by Crippen LogP contribution is -2.56. The quantitative estimate of drug-likeness (QED) is 0.738. The Morgan fingerprint density at radius 1 is 1.32 bits per heavy atom. The van der Waals surface area contributed by atoms with Gasteiger partial charge in [-0.25, -0.2) is 17.9 Å². The second kappa shape index (κ2) is 7.61. The van der Waals surface area contributed by atoms with E-state index in [1.807, 2.05) is 14.1 Å². The number of urea groups is 1. The van der Waals surface area contributed by atoms with E-state index in [-0.39, 0.29) is 24.2 Å². The van der Waals surface area contributed by atoms with Crippen LogP contribution in [0.2, 0.25) is 0 Å². The minimum atomic E-state index is -3.23. The maximum atomic E-state index is 12.4. The van der Waals surface area contributed by atoms with Crippen LogP contribution >= 0.6 is 0 Å². The van der Waals surface area contributed by atoms with Crippen molar-refractivity contribution in [3.63, 3.8) is 0 Å². The number of carbonyl (C=O) groups excluding carboxylic acids is 1. The molecule has 1 saturated heterocycles. The van der Waals surface area contributed by atoms with Crippen molar-refractivity contribution in [2.45, 2.75) is 44.7 Å². The standard InChI is InChI=1S/C14H30N4O3S/c1-14(2,17(3)4)11-15-13(19)18-9-7-6-8-12(18)10-16-22(5,20)21/h12,16H,6-11H2,1-5H3,(H,15,19)/t12-/m0/s1. The molecule has 0 aromatic heterocycles. The van der Waals surface area contributed by atoms with Crippen molar-refractivity contribution in [3.05, 3.63) is 0 Å². The molecule has 2 N–H and O–H groups in total. The second-order valence-electron chi connectivity index (χ2n) is 6.83. The first-order chi connectivity index (χ1) is 10.0. The van der Waals surface area contributed by atoms with E-state index in [1.165, 1.54) is 0 Å². The van der Waals surface area contributed by atoms with Gasteiger partial charge in [-0.1, -0.05) is 0 Å². The molecule has 0 aromatic carbocycles. The van der Waals surface area contributed by atoms with Crippen molar-refractivity contribution in [1.82, 2.24) is 19.8 Å². The molecule has 0 radical (unpaired) electrons. The number of hydrogen-bond donors (Lipinski definition) is 2. The van der Waals surface area contributed by atoms with Gasteiger partial charge in [0.25, 0.3) is 0 Å². The Bertz CT molecular complexity index is 476. The zero-order chi connectivity index (χ0) is 17.0. The molecule has 0 aromatic rings. The highest BCUT2D eigenvalue weighted by atomic mass is 32.2. The van der Waals surface area contributed by atoms with Crippen LogP contribution in [0.3, 0.4) is 0 Å². The van der Waals surface area contributed by atoms with Crippen LogP contribution in [0, 0.1) is 0 Å². The number of nitrogens with one attached hydrogen (secondary N) is 2. The minimum absolute atomic E-state index is 0.0778. The van der Waals surface area contributed by atoms with Gasteiger partial charge < -0.3 is 15.1 Å². The maximum absolute atomic E-state index is 12.4. The Morgan fingerprint density at radius 2 is 1.95 bits per heavy atom. The third kappa shape index (κ3) is 6.10. The van der Waals surface area contributed by atoms with Gasteiger partial charge in [0.05, 0.1) is 6.26 Å². The lowest BCUT2D eigenvalue weighted by Gasteiger charge is -2.38. The first-order valence-corrected chi connectivity index (χ1v) is 9.58. The van der Waals surface area contributed by atoms with E-state index in [0.29, 0.717) is 13.1 Å². The van der Waals surface area contributed by atoms with Crippen molar-refractivity contribution in [1.29, 1.82) is 0 Å². The Balaban J connectivity index is 2.60. The molecule has 8 heteroatoms. The second-order valence-corrected chi connectivity index (χ2v) is 8.66. The van der Waals surface area contributed by atoms with E-state index in [1.54, 1.807) is 4.90 Å². The van der Waals surface area contributed by atoms with Gasteiger partial charge in [-0.15, -0.1) is 0 Å². The number of nitrogens with zero attached hydrogens (tertiary/aromatic N) is 2. The molecular formula is C14H30N4O3S. The summed E-state index contributed by atoms with van der Waals surface area (Å²) in [5.74, 6) is 0. The van der Waals surface area contributed by atoms with Crippen molar-refractivity contribution in [3.8, 4) is 0 Å². The lowest BCUT2D eigenvalue weighted by atomic mass is 10.0. The molecule has 0 spiro atoms. The third-order valence-electron chi connectivity index (χ3n) is 4.35. The van der Waals surface area contributed by atoms with E-state index < -0.39 is 10.0 Å². The molecule has 130 valence electrons. The van der Waals surface area contributed by atoms with E-state index in [2.05, 4.69) is 28.8 Å². The normalized spacial score (nSPS) is 20.3. The summed E-state index contributed by atoms with van der Waals surface area (Å²) in [6.45, 7) is 5.62. The highest BCUT2D eigenvalue weighted by Crippen LogP contribution is 2.17. The van der Waals surface area contributed by atoms with Gasteiger partial charge in [0.15, 0.2) is 0 Å². The Kier molecular flexibility index (Phi) is 6.64. The summed E-state index contributed by atoms with van der Waals surface area (Å²) in [7, 11) is 0.722. The number of likely N-dealkylation sites (N-methyl/N-ethyl adjacent to an activating group) is 1. The molecule has 1 fully saturated rings. The fraction of sp³-hybridized carbons (Fsp3) is 0.929. The van der Waals surface area contributed by atoms with Gasteiger partial charge in [0.1, 0.15) is 0 Å². The molecule has 0 saturated carbocycles. The highest BCUT2D eigenvalue weighted by Gasteiger charge is 2.29. The smallest absolute Gasteiger partial charge is 0.317 e. The van der Waals surface area contributed by atoms with Crippen molar-refractivity contribution >= 4 is 16.1 Å². The number of hydrogen-bond acceptors (Lipinski definition) is 4. The van der Waals surface area contributed by atoms with Gasteiger partial charge in [-0.2, -0.15) is 0 Å². The molecule has 1 atom stereocenters. The van der Waals surface area contributed by atoms with Crippen molar-refractivity contribution < 1.29 is 13.2 Å². The van der Waals surface area contributed by atoms with Crippen LogP contribution in [0.25, 0.3) is 0 Å². The fourth-order valence-corrected chi connectivity index (χ4v) is 2.77. The van der Waals surface area contributed by atoms with Crippen LogP contribution in [0.4, 0.5) is 4.79 Å². The monoisotopic (exact) mass is 334 g/mol. The molecule has 0 aliphatic carbocycles. The summed E-state index contributed by atoms with van der Waals surface area (Å²) in [6.07, 6.45) is 3.94. The zero-order valence-corrected chi connectivity index (χ0v) is 15.2. The van der Waals surface area contributed by atoms with Crippen LogP contribution in [0.5, 0.6) is 0 Å². The SMILES string of the molecule is CN(C)C(C)(C)CNC(=O)N1CCCC[C@H]1CNS(C)(=O)=O. The largest absolute Gasteiger partial charge is 0.336 e. The van der Waals surface area contributed by atoms with Crippen molar-refractivity contribution in [2.24, 2.45) is 0 Å². The number of rotatable bonds is 6. The number of amides is 2. The summed E-state index contributed by atoms with van der Waals surface area (Å²) < 4.78 is 25.0. The first kappa shape index (κ1) is 19.2. The summed E-state index contributed by atoms with van der Waals surface area (Å²) in [4.78, 5) is 16.2. The minimum Gasteiger partial charge on any atom is -0.336 e. The third-order valence-corrected chi connectivity index (χ3v) is 5.04. The van der Waals surface area contributed by atoms with Crippen LogP contribution in [-0.2, 0) is 10.0 Å². The molecule has 22 heavy (non-hydrogen) atoms.